The van der Waals surface area contributed by atoms with Gasteiger partial charge in [-0.2, -0.15) is 0 Å². The van der Waals surface area contributed by atoms with Crippen molar-refractivity contribution in [3.05, 3.63) is 0 Å². The Kier molecular flexibility index (Phi) is 6.92. The van der Waals surface area contributed by atoms with Crippen molar-refractivity contribution >= 4 is 5.91 Å². The minimum absolute atomic E-state index is 0.0902. The van der Waals surface area contributed by atoms with Crippen LogP contribution in [0.4, 0.5) is 0 Å². The molecule has 0 spiro atoms. The van der Waals surface area contributed by atoms with Crippen LogP contribution >= 0.6 is 0 Å². The number of aliphatic hydroxyl groups excluding tert-OH is 1. The molecule has 1 aliphatic rings. The van der Waals surface area contributed by atoms with Crippen molar-refractivity contribution in [2.75, 3.05) is 46.4 Å². The molecule has 1 aliphatic heterocycles. The van der Waals surface area contributed by atoms with Crippen LogP contribution < -0.4 is 0 Å². The molecule has 1 N–H and O–H groups in total. The zero-order chi connectivity index (χ0) is 15.2. The van der Waals surface area contributed by atoms with E-state index in [4.69, 9.17) is 4.74 Å². The predicted molar refractivity (Wildman–Crippen MR) is 79.6 cm³/mol. The van der Waals surface area contributed by atoms with Crippen LogP contribution in [0.15, 0.2) is 0 Å². The average Bonchev–Trinajstić information content (AvgIpc) is 2.38. The summed E-state index contributed by atoms with van der Waals surface area (Å²) in [6, 6.07) is 0. The number of carbonyl (C=O) groups excluding carboxylic acids is 1. The monoisotopic (exact) mass is 286 g/mol. The fourth-order valence-electron chi connectivity index (χ4n) is 2.22. The lowest BCUT2D eigenvalue weighted by atomic mass is 9.89. The molecule has 0 aromatic carbocycles. The first-order chi connectivity index (χ1) is 9.34. The van der Waals surface area contributed by atoms with E-state index in [1.807, 2.05) is 25.7 Å². The Morgan fingerprint density at radius 2 is 1.85 bits per heavy atom. The van der Waals surface area contributed by atoms with E-state index in [1.165, 1.54) is 0 Å². The number of ether oxygens (including phenoxy) is 1. The van der Waals surface area contributed by atoms with Crippen molar-refractivity contribution in [3.8, 4) is 0 Å². The number of nitrogens with zero attached hydrogens (tertiary/aromatic N) is 2. The van der Waals surface area contributed by atoms with Gasteiger partial charge in [-0.3, -0.25) is 9.69 Å². The van der Waals surface area contributed by atoms with Gasteiger partial charge in [0, 0.05) is 52.9 Å². The molecule has 1 unspecified atom stereocenters. The van der Waals surface area contributed by atoms with Crippen LogP contribution in [0.25, 0.3) is 0 Å². The molecule has 1 amide bonds. The number of β-amino-alcohol motifs (C(OH)–C–C–N with tert-alkyl or cyclic N) is 1. The lowest BCUT2D eigenvalue weighted by molar-refractivity contribution is -0.133. The Bertz CT molecular complexity index is 294. The first kappa shape index (κ1) is 17.4. The first-order valence-corrected chi connectivity index (χ1v) is 7.51. The lowest BCUT2D eigenvalue weighted by Crippen LogP contribution is -2.51. The Morgan fingerprint density at radius 1 is 1.25 bits per heavy atom. The van der Waals surface area contributed by atoms with Crippen molar-refractivity contribution in [1.82, 2.24) is 9.80 Å². The van der Waals surface area contributed by atoms with Gasteiger partial charge >= 0.3 is 0 Å². The van der Waals surface area contributed by atoms with E-state index in [2.05, 4.69) is 4.90 Å². The van der Waals surface area contributed by atoms with E-state index in [0.717, 1.165) is 32.6 Å². The molecule has 5 heteroatoms. The summed E-state index contributed by atoms with van der Waals surface area (Å²) in [5, 5.41) is 10.1. The van der Waals surface area contributed by atoms with Gasteiger partial charge in [-0.05, 0) is 11.8 Å². The van der Waals surface area contributed by atoms with Gasteiger partial charge in [0.25, 0.3) is 0 Å². The van der Waals surface area contributed by atoms with Gasteiger partial charge in [-0.1, -0.05) is 20.8 Å². The SMILES string of the molecule is COCCCC(=O)N1CCN(CC(O)C(C)(C)C)CC1. The minimum atomic E-state index is -0.327. The minimum Gasteiger partial charge on any atom is -0.391 e. The summed E-state index contributed by atoms with van der Waals surface area (Å²) in [5.74, 6) is 0.220. The Morgan fingerprint density at radius 3 is 2.35 bits per heavy atom. The van der Waals surface area contributed by atoms with Crippen molar-refractivity contribution in [2.45, 2.75) is 39.7 Å². The van der Waals surface area contributed by atoms with Crippen LogP contribution in [0.1, 0.15) is 33.6 Å². The molecule has 1 rings (SSSR count). The second kappa shape index (κ2) is 7.96. The van der Waals surface area contributed by atoms with Gasteiger partial charge in [0.1, 0.15) is 0 Å². The molecule has 0 bridgehead atoms. The summed E-state index contributed by atoms with van der Waals surface area (Å²) in [5.41, 5.74) is -0.0902. The Hall–Kier alpha value is -0.650. The fourth-order valence-corrected chi connectivity index (χ4v) is 2.22. The summed E-state index contributed by atoms with van der Waals surface area (Å²) >= 11 is 0. The molecule has 20 heavy (non-hydrogen) atoms. The molecule has 1 fully saturated rings. The molecule has 5 nitrogen and oxygen atoms in total. The predicted octanol–water partition coefficient (Wildman–Crippen LogP) is 0.964. The molecule has 1 heterocycles. The summed E-state index contributed by atoms with van der Waals surface area (Å²) in [6.07, 6.45) is 1.03. The standard InChI is InChI=1S/C15H30N2O3/c1-15(2,3)13(18)12-16-7-9-17(10-8-16)14(19)6-5-11-20-4/h13,18H,5-12H2,1-4H3. The van der Waals surface area contributed by atoms with E-state index in [9.17, 15) is 9.90 Å². The number of hydrogen-bond donors (Lipinski definition) is 1. The van der Waals surface area contributed by atoms with Crippen LogP contribution in [-0.4, -0.2) is 73.4 Å². The molecule has 1 atom stereocenters. The number of aliphatic hydroxyl groups is 1. The first-order valence-electron chi connectivity index (χ1n) is 7.51. The van der Waals surface area contributed by atoms with Crippen LogP contribution in [-0.2, 0) is 9.53 Å². The zero-order valence-corrected chi connectivity index (χ0v) is 13.4. The Labute approximate surface area is 122 Å². The van der Waals surface area contributed by atoms with Gasteiger partial charge < -0.3 is 14.7 Å². The maximum absolute atomic E-state index is 12.0. The molecule has 0 saturated carbocycles. The molecular formula is C15H30N2O3. The quantitative estimate of drug-likeness (QED) is 0.739. The molecule has 0 radical (unpaired) electrons. The summed E-state index contributed by atoms with van der Waals surface area (Å²) in [4.78, 5) is 16.1. The molecule has 1 saturated heterocycles. The molecular weight excluding hydrogens is 256 g/mol. The van der Waals surface area contributed by atoms with E-state index in [1.54, 1.807) is 7.11 Å². The number of amides is 1. The highest BCUT2D eigenvalue weighted by Gasteiger charge is 2.27. The topological polar surface area (TPSA) is 53.0 Å². The van der Waals surface area contributed by atoms with Crippen LogP contribution in [0.2, 0.25) is 0 Å². The summed E-state index contributed by atoms with van der Waals surface area (Å²) < 4.78 is 4.97. The number of rotatable bonds is 6. The third kappa shape index (κ3) is 5.77. The number of carbonyl (C=O) groups is 1. The number of piperazine rings is 1. The van der Waals surface area contributed by atoms with Crippen LogP contribution in [0.5, 0.6) is 0 Å². The molecule has 0 aliphatic carbocycles. The van der Waals surface area contributed by atoms with Gasteiger partial charge in [0.2, 0.25) is 5.91 Å². The van der Waals surface area contributed by atoms with Gasteiger partial charge in [0.15, 0.2) is 0 Å². The summed E-state index contributed by atoms with van der Waals surface area (Å²) in [6.45, 7) is 10.7. The Balaban J connectivity index is 2.27. The molecule has 0 aromatic heterocycles. The third-order valence-electron chi connectivity index (χ3n) is 3.89. The lowest BCUT2D eigenvalue weighted by Gasteiger charge is -2.38. The number of methoxy groups -OCH3 is 1. The largest absolute Gasteiger partial charge is 0.391 e. The normalized spacial score (nSPS) is 19.1. The fraction of sp³-hybridized carbons (Fsp3) is 0.933. The van der Waals surface area contributed by atoms with Crippen molar-refractivity contribution in [1.29, 1.82) is 0 Å². The highest BCUT2D eigenvalue weighted by atomic mass is 16.5. The number of hydrogen-bond acceptors (Lipinski definition) is 4. The second-order valence-corrected chi connectivity index (χ2v) is 6.66. The molecule has 0 aromatic rings. The third-order valence-corrected chi connectivity index (χ3v) is 3.89. The van der Waals surface area contributed by atoms with E-state index >= 15 is 0 Å². The van der Waals surface area contributed by atoms with Gasteiger partial charge in [-0.15, -0.1) is 0 Å². The van der Waals surface area contributed by atoms with Crippen molar-refractivity contribution in [2.24, 2.45) is 5.41 Å². The summed E-state index contributed by atoms with van der Waals surface area (Å²) in [7, 11) is 1.66. The van der Waals surface area contributed by atoms with Crippen LogP contribution in [0, 0.1) is 5.41 Å². The van der Waals surface area contributed by atoms with Crippen molar-refractivity contribution in [3.63, 3.8) is 0 Å². The van der Waals surface area contributed by atoms with Crippen LogP contribution in [0.3, 0.4) is 0 Å². The average molecular weight is 286 g/mol. The zero-order valence-electron chi connectivity index (χ0n) is 13.4. The highest BCUT2D eigenvalue weighted by Crippen LogP contribution is 2.20. The maximum atomic E-state index is 12.0. The van der Waals surface area contributed by atoms with E-state index in [-0.39, 0.29) is 17.4 Å². The molecule has 118 valence electrons. The van der Waals surface area contributed by atoms with Gasteiger partial charge in [-0.25, -0.2) is 0 Å². The maximum Gasteiger partial charge on any atom is 0.222 e. The second-order valence-electron chi connectivity index (χ2n) is 6.66. The van der Waals surface area contributed by atoms with E-state index in [0.29, 0.717) is 19.6 Å². The van der Waals surface area contributed by atoms with E-state index < -0.39 is 0 Å². The van der Waals surface area contributed by atoms with Gasteiger partial charge in [0.05, 0.1) is 6.10 Å². The smallest absolute Gasteiger partial charge is 0.222 e. The highest BCUT2D eigenvalue weighted by molar-refractivity contribution is 5.76. The van der Waals surface area contributed by atoms with Crippen molar-refractivity contribution < 1.29 is 14.6 Å².